The fourth-order valence-corrected chi connectivity index (χ4v) is 2.30. The van der Waals surface area contributed by atoms with Gasteiger partial charge < -0.3 is 10.4 Å². The Kier molecular flexibility index (Phi) is 5.59. The Hall–Kier alpha value is -2.80. The molecule has 0 aliphatic heterocycles. The maximum atomic E-state index is 12.9. The molecule has 0 saturated heterocycles. The first-order valence-electron chi connectivity index (χ1n) is 7.33. The summed E-state index contributed by atoms with van der Waals surface area (Å²) in [5.41, 5.74) is 0.907. The van der Waals surface area contributed by atoms with Gasteiger partial charge in [0, 0.05) is 12.1 Å². The van der Waals surface area contributed by atoms with Crippen LogP contribution < -0.4 is 5.32 Å². The second kappa shape index (κ2) is 7.65. The molecule has 2 rings (SSSR count). The lowest BCUT2D eigenvalue weighted by Crippen LogP contribution is -2.37. The number of carbonyl (C=O) groups is 1. The number of nitrogens with zero attached hydrogens (tertiary/aromatic N) is 1. The summed E-state index contributed by atoms with van der Waals surface area (Å²) in [6.45, 7) is 1.62. The number of amides is 1. The molecule has 24 heavy (non-hydrogen) atoms. The van der Waals surface area contributed by atoms with Gasteiger partial charge in [0.15, 0.2) is 0 Å². The van der Waals surface area contributed by atoms with E-state index in [-0.39, 0.29) is 18.0 Å². The number of hydrogen-bond donors (Lipinski definition) is 2. The van der Waals surface area contributed by atoms with Crippen LogP contribution >= 0.6 is 0 Å². The van der Waals surface area contributed by atoms with Crippen LogP contribution in [-0.4, -0.2) is 22.0 Å². The normalized spacial score (nSPS) is 13.1. The van der Waals surface area contributed by atoms with E-state index >= 15 is 0 Å². The molecule has 2 aromatic rings. The molecule has 0 aliphatic rings. The highest BCUT2D eigenvalue weighted by molar-refractivity contribution is 5.79. The molecule has 0 bridgehead atoms. The van der Waals surface area contributed by atoms with Crippen molar-refractivity contribution in [3.63, 3.8) is 0 Å². The summed E-state index contributed by atoms with van der Waals surface area (Å²) in [5, 5.41) is 23.6. The molecule has 0 heterocycles. The van der Waals surface area contributed by atoms with Gasteiger partial charge >= 0.3 is 0 Å². The molecule has 2 aromatic carbocycles. The van der Waals surface area contributed by atoms with Gasteiger partial charge in [-0.3, -0.25) is 14.9 Å². The van der Waals surface area contributed by atoms with E-state index < -0.39 is 22.9 Å². The van der Waals surface area contributed by atoms with E-state index in [1.54, 1.807) is 13.0 Å². The molecule has 2 unspecified atom stereocenters. The lowest BCUT2D eigenvalue weighted by molar-refractivity contribution is -0.384. The first-order chi connectivity index (χ1) is 11.4. The van der Waals surface area contributed by atoms with E-state index in [1.807, 2.05) is 0 Å². The number of nitro benzene ring substituents is 1. The van der Waals surface area contributed by atoms with Crippen LogP contribution in [0, 0.1) is 15.9 Å². The molecule has 0 radical (unpaired) electrons. The minimum Gasteiger partial charge on any atom is -0.386 e. The second-order valence-electron chi connectivity index (χ2n) is 5.46. The standard InChI is InChI=1S/C17H17FN2O4/c1-11(17(22)13-5-7-14(18)8-6-13)19-16(21)10-12-3-2-4-15(9-12)20(23)24/h2-9,11,17,22H,10H2,1H3,(H,19,21). The average molecular weight is 332 g/mol. The van der Waals surface area contributed by atoms with Crippen LogP contribution in [0.1, 0.15) is 24.2 Å². The SMILES string of the molecule is CC(NC(=O)Cc1cccc([N+](=O)[O-])c1)C(O)c1ccc(F)cc1. The Balaban J connectivity index is 1.97. The van der Waals surface area contributed by atoms with E-state index in [0.717, 1.165) is 0 Å². The Morgan fingerprint density at radius 2 is 1.96 bits per heavy atom. The predicted molar refractivity (Wildman–Crippen MR) is 85.8 cm³/mol. The number of nitrogens with one attached hydrogen (secondary N) is 1. The number of non-ortho nitro benzene ring substituents is 1. The van der Waals surface area contributed by atoms with E-state index in [4.69, 9.17) is 0 Å². The number of aliphatic hydroxyl groups excluding tert-OH is 1. The fourth-order valence-electron chi connectivity index (χ4n) is 2.30. The summed E-state index contributed by atoms with van der Waals surface area (Å²) in [5.74, 6) is -0.780. The third-order valence-corrected chi connectivity index (χ3v) is 3.56. The predicted octanol–water partition coefficient (Wildman–Crippen LogP) is 2.51. The Morgan fingerprint density at radius 3 is 2.58 bits per heavy atom. The minimum absolute atomic E-state index is 0.0395. The van der Waals surface area contributed by atoms with Gasteiger partial charge in [-0.25, -0.2) is 4.39 Å². The molecule has 7 heteroatoms. The maximum absolute atomic E-state index is 12.9. The van der Waals surface area contributed by atoms with Crippen LogP contribution in [0.15, 0.2) is 48.5 Å². The fraction of sp³-hybridized carbons (Fsp3) is 0.235. The van der Waals surface area contributed by atoms with Crippen molar-refractivity contribution in [2.75, 3.05) is 0 Å². The van der Waals surface area contributed by atoms with Crippen molar-refractivity contribution < 1.29 is 19.2 Å². The zero-order valence-corrected chi connectivity index (χ0v) is 13.0. The summed E-state index contributed by atoms with van der Waals surface area (Å²) >= 11 is 0. The number of carbonyl (C=O) groups excluding carboxylic acids is 1. The molecule has 126 valence electrons. The van der Waals surface area contributed by atoms with Gasteiger partial charge in [-0.2, -0.15) is 0 Å². The average Bonchev–Trinajstić information content (AvgIpc) is 2.55. The molecular weight excluding hydrogens is 315 g/mol. The molecule has 6 nitrogen and oxygen atoms in total. The van der Waals surface area contributed by atoms with Gasteiger partial charge in [0.25, 0.3) is 5.69 Å². The highest BCUT2D eigenvalue weighted by Crippen LogP contribution is 2.18. The largest absolute Gasteiger partial charge is 0.386 e. The molecule has 0 saturated carbocycles. The van der Waals surface area contributed by atoms with E-state index in [9.17, 15) is 24.4 Å². The summed E-state index contributed by atoms with van der Waals surface area (Å²) in [6.07, 6.45) is -1.03. The molecule has 2 N–H and O–H groups in total. The van der Waals surface area contributed by atoms with Crippen molar-refractivity contribution in [1.29, 1.82) is 0 Å². The number of rotatable bonds is 6. The van der Waals surface area contributed by atoms with Gasteiger partial charge in [-0.1, -0.05) is 24.3 Å². The number of nitro groups is 1. The van der Waals surface area contributed by atoms with Gasteiger partial charge in [-0.15, -0.1) is 0 Å². The van der Waals surface area contributed by atoms with Crippen LogP contribution in [0.4, 0.5) is 10.1 Å². The first-order valence-corrected chi connectivity index (χ1v) is 7.33. The van der Waals surface area contributed by atoms with Crippen molar-refractivity contribution in [2.45, 2.75) is 25.5 Å². The van der Waals surface area contributed by atoms with E-state index in [2.05, 4.69) is 5.32 Å². The molecule has 0 spiro atoms. The zero-order chi connectivity index (χ0) is 17.7. The second-order valence-corrected chi connectivity index (χ2v) is 5.46. The number of halogens is 1. The third kappa shape index (κ3) is 4.60. The van der Waals surface area contributed by atoms with Crippen LogP contribution in [0.3, 0.4) is 0 Å². The Labute approximate surface area is 138 Å². The quantitative estimate of drug-likeness (QED) is 0.628. The summed E-state index contributed by atoms with van der Waals surface area (Å²) in [7, 11) is 0. The van der Waals surface area contributed by atoms with Crippen LogP contribution in [0.2, 0.25) is 0 Å². The van der Waals surface area contributed by atoms with Crippen molar-refractivity contribution in [1.82, 2.24) is 5.32 Å². The Morgan fingerprint density at radius 1 is 1.29 bits per heavy atom. The van der Waals surface area contributed by atoms with Crippen molar-refractivity contribution >= 4 is 11.6 Å². The van der Waals surface area contributed by atoms with Gasteiger partial charge in [0.2, 0.25) is 5.91 Å². The highest BCUT2D eigenvalue weighted by atomic mass is 19.1. The van der Waals surface area contributed by atoms with Gasteiger partial charge in [0.05, 0.1) is 23.5 Å². The lowest BCUT2D eigenvalue weighted by Gasteiger charge is -2.20. The van der Waals surface area contributed by atoms with Crippen LogP contribution in [0.5, 0.6) is 0 Å². The van der Waals surface area contributed by atoms with Crippen molar-refractivity contribution in [3.05, 3.63) is 75.6 Å². The van der Waals surface area contributed by atoms with Gasteiger partial charge in [-0.05, 0) is 30.2 Å². The third-order valence-electron chi connectivity index (χ3n) is 3.56. The molecule has 0 aliphatic carbocycles. The summed E-state index contributed by atoms with van der Waals surface area (Å²) < 4.78 is 12.9. The highest BCUT2D eigenvalue weighted by Gasteiger charge is 2.19. The summed E-state index contributed by atoms with van der Waals surface area (Å²) in [4.78, 5) is 22.2. The Bertz CT molecular complexity index is 734. The number of hydrogen-bond acceptors (Lipinski definition) is 4. The minimum atomic E-state index is -0.986. The van der Waals surface area contributed by atoms with E-state index in [1.165, 1.54) is 42.5 Å². The van der Waals surface area contributed by atoms with Crippen molar-refractivity contribution in [3.8, 4) is 0 Å². The topological polar surface area (TPSA) is 92.5 Å². The van der Waals surface area contributed by atoms with Gasteiger partial charge in [0.1, 0.15) is 5.82 Å². The monoisotopic (exact) mass is 332 g/mol. The lowest BCUT2D eigenvalue weighted by atomic mass is 10.0. The molecule has 1 amide bonds. The first kappa shape index (κ1) is 17.6. The van der Waals surface area contributed by atoms with E-state index in [0.29, 0.717) is 11.1 Å². The molecule has 2 atom stereocenters. The molecule has 0 fully saturated rings. The van der Waals surface area contributed by atoms with Crippen LogP contribution in [-0.2, 0) is 11.2 Å². The number of benzene rings is 2. The van der Waals surface area contributed by atoms with Crippen LogP contribution in [0.25, 0.3) is 0 Å². The summed E-state index contributed by atoms with van der Waals surface area (Å²) in [6, 6.07) is 10.6. The number of aliphatic hydroxyl groups is 1. The molecular formula is C17H17FN2O4. The van der Waals surface area contributed by atoms with Crippen molar-refractivity contribution in [2.24, 2.45) is 0 Å². The maximum Gasteiger partial charge on any atom is 0.269 e. The zero-order valence-electron chi connectivity index (χ0n) is 13.0. The molecule has 0 aromatic heterocycles. The smallest absolute Gasteiger partial charge is 0.269 e.